The van der Waals surface area contributed by atoms with Crippen LogP contribution in [0.4, 0.5) is 0 Å². The minimum atomic E-state index is -0.296. The predicted molar refractivity (Wildman–Crippen MR) is 165 cm³/mol. The van der Waals surface area contributed by atoms with Gasteiger partial charge in [0.1, 0.15) is 12.0 Å². The molecule has 4 heteroatoms. The first-order valence-corrected chi connectivity index (χ1v) is 13.6. The van der Waals surface area contributed by atoms with E-state index in [0.29, 0.717) is 0 Å². The van der Waals surface area contributed by atoms with Crippen LogP contribution in [0.5, 0.6) is 0 Å². The number of hydrogen-bond acceptors (Lipinski definition) is 4. The second-order valence-electron chi connectivity index (χ2n) is 9.95. The molecule has 5 aromatic carbocycles. The molecule has 0 spiro atoms. The molecule has 2 aliphatic rings. The largest absolute Gasteiger partial charge is 0.381 e. The number of amidine groups is 2. The monoisotopic (exact) mass is 516 g/mol. The fourth-order valence-electron chi connectivity index (χ4n) is 5.43. The second kappa shape index (κ2) is 10.5. The zero-order valence-corrected chi connectivity index (χ0v) is 21.9. The van der Waals surface area contributed by atoms with Gasteiger partial charge in [0.2, 0.25) is 0 Å². The third kappa shape index (κ3) is 4.61. The molecule has 0 aliphatic carbocycles. The van der Waals surface area contributed by atoms with Crippen LogP contribution in [0, 0.1) is 0 Å². The van der Waals surface area contributed by atoms with E-state index in [9.17, 15) is 0 Å². The highest BCUT2D eigenvalue weighted by Crippen LogP contribution is 2.36. The Balaban J connectivity index is 1.34. The molecule has 5 aromatic rings. The zero-order valence-electron chi connectivity index (χ0n) is 21.9. The van der Waals surface area contributed by atoms with Crippen LogP contribution in [0.25, 0.3) is 21.9 Å². The molecule has 0 bridgehead atoms. The number of dihydropyridines is 1. The van der Waals surface area contributed by atoms with Crippen molar-refractivity contribution in [2.24, 2.45) is 9.98 Å². The predicted octanol–water partition coefficient (Wildman–Crippen LogP) is 7.72. The van der Waals surface area contributed by atoms with Crippen molar-refractivity contribution in [3.8, 4) is 11.1 Å². The highest BCUT2D eigenvalue weighted by Gasteiger charge is 2.23. The molecule has 2 aliphatic heterocycles. The van der Waals surface area contributed by atoms with E-state index in [4.69, 9.17) is 9.98 Å². The lowest BCUT2D eigenvalue weighted by molar-refractivity contribution is 0.680. The number of fused-ring (bicyclic) bond motifs is 1. The Morgan fingerprint density at radius 2 is 1.32 bits per heavy atom. The number of benzene rings is 5. The van der Waals surface area contributed by atoms with E-state index in [1.165, 1.54) is 27.5 Å². The molecule has 0 saturated heterocycles. The van der Waals surface area contributed by atoms with E-state index in [0.717, 1.165) is 28.4 Å². The third-order valence-electron chi connectivity index (χ3n) is 7.42. The van der Waals surface area contributed by atoms with E-state index in [1.54, 1.807) is 0 Å². The summed E-state index contributed by atoms with van der Waals surface area (Å²) in [6.45, 7) is 0. The Hall–Kier alpha value is -5.22. The molecule has 0 amide bonds. The standard InChI is InChI=1S/C36H28N4/c1-3-11-28(12-4-1)34-38-35(29-13-5-2-6-14-29)40-36(39-34)31-18-10-16-27-15-9-17-30(33(27)31)25-20-22-26(23-21-25)32-19-7-8-24-37-32/h1-24,32,36-37H,(H,38,39,40). The maximum atomic E-state index is 5.15. The Kier molecular flexibility index (Phi) is 6.27. The average molecular weight is 517 g/mol. The first-order valence-electron chi connectivity index (χ1n) is 13.6. The normalized spacial score (nSPS) is 18.0. The lowest BCUT2D eigenvalue weighted by atomic mass is 9.92. The summed E-state index contributed by atoms with van der Waals surface area (Å²) >= 11 is 0. The highest BCUT2D eigenvalue weighted by atomic mass is 15.2. The van der Waals surface area contributed by atoms with Crippen molar-refractivity contribution in [3.05, 3.63) is 168 Å². The van der Waals surface area contributed by atoms with Crippen molar-refractivity contribution in [2.75, 3.05) is 0 Å². The number of nitrogens with one attached hydrogen (secondary N) is 2. The molecule has 2 atom stereocenters. The van der Waals surface area contributed by atoms with Gasteiger partial charge in [-0.05, 0) is 39.7 Å². The van der Waals surface area contributed by atoms with Crippen LogP contribution >= 0.6 is 0 Å². The average Bonchev–Trinajstić information content (AvgIpc) is 3.05. The SMILES string of the molecule is C1=CNC(c2ccc(-c3cccc4cccc(C5N=C(c6ccccc6)N=C(c6ccccc6)N5)c34)cc2)C=C1. The Labute approximate surface area is 234 Å². The Morgan fingerprint density at radius 1 is 0.600 bits per heavy atom. The number of rotatable bonds is 5. The van der Waals surface area contributed by atoms with E-state index >= 15 is 0 Å². The van der Waals surface area contributed by atoms with Crippen molar-refractivity contribution >= 4 is 22.4 Å². The van der Waals surface area contributed by atoms with Crippen LogP contribution < -0.4 is 10.6 Å². The van der Waals surface area contributed by atoms with Crippen molar-refractivity contribution < 1.29 is 0 Å². The highest BCUT2D eigenvalue weighted by molar-refractivity contribution is 6.13. The van der Waals surface area contributed by atoms with Gasteiger partial charge in [-0.15, -0.1) is 0 Å². The smallest absolute Gasteiger partial charge is 0.159 e. The summed E-state index contributed by atoms with van der Waals surface area (Å²) in [6, 6.07) is 42.5. The van der Waals surface area contributed by atoms with Crippen molar-refractivity contribution in [1.29, 1.82) is 0 Å². The number of aliphatic imine (C=N–C) groups is 2. The lowest BCUT2D eigenvalue weighted by Gasteiger charge is -2.25. The van der Waals surface area contributed by atoms with E-state index in [1.807, 2.05) is 48.7 Å². The van der Waals surface area contributed by atoms with Gasteiger partial charge in [-0.25, -0.2) is 9.98 Å². The lowest BCUT2D eigenvalue weighted by Crippen LogP contribution is -2.33. The molecule has 4 nitrogen and oxygen atoms in total. The van der Waals surface area contributed by atoms with Gasteiger partial charge in [-0.2, -0.15) is 0 Å². The van der Waals surface area contributed by atoms with Crippen LogP contribution in [0.3, 0.4) is 0 Å². The van der Waals surface area contributed by atoms with E-state index < -0.39 is 0 Å². The summed E-state index contributed by atoms with van der Waals surface area (Å²) in [4.78, 5) is 10.1. The first kappa shape index (κ1) is 23.9. The Morgan fingerprint density at radius 3 is 2.05 bits per heavy atom. The number of allylic oxidation sites excluding steroid dienone is 2. The number of hydrogen-bond donors (Lipinski definition) is 2. The third-order valence-corrected chi connectivity index (χ3v) is 7.42. The summed E-state index contributed by atoms with van der Waals surface area (Å²) in [7, 11) is 0. The van der Waals surface area contributed by atoms with Gasteiger partial charge in [-0.1, -0.05) is 133 Å². The van der Waals surface area contributed by atoms with E-state index in [2.05, 4.69) is 108 Å². The van der Waals surface area contributed by atoms with Gasteiger partial charge >= 0.3 is 0 Å². The van der Waals surface area contributed by atoms with Crippen LogP contribution in [-0.2, 0) is 0 Å². The molecular weight excluding hydrogens is 488 g/mol. The van der Waals surface area contributed by atoms with Crippen LogP contribution in [0.1, 0.15) is 34.5 Å². The molecule has 40 heavy (non-hydrogen) atoms. The maximum Gasteiger partial charge on any atom is 0.159 e. The van der Waals surface area contributed by atoms with Crippen molar-refractivity contribution in [3.63, 3.8) is 0 Å². The molecule has 7 rings (SSSR count). The van der Waals surface area contributed by atoms with E-state index in [-0.39, 0.29) is 12.2 Å². The minimum absolute atomic E-state index is 0.190. The summed E-state index contributed by atoms with van der Waals surface area (Å²) in [6.07, 6.45) is 7.97. The van der Waals surface area contributed by atoms with Gasteiger partial charge in [0.05, 0.1) is 6.04 Å². The molecule has 192 valence electrons. The zero-order chi connectivity index (χ0) is 26.7. The maximum absolute atomic E-state index is 5.15. The minimum Gasteiger partial charge on any atom is -0.381 e. The van der Waals surface area contributed by atoms with Crippen LogP contribution in [0.15, 0.2) is 156 Å². The fourth-order valence-corrected chi connectivity index (χ4v) is 5.43. The molecule has 0 fully saturated rings. The fraction of sp³-hybridized carbons (Fsp3) is 0.0556. The summed E-state index contributed by atoms with van der Waals surface area (Å²) in [5.74, 6) is 1.55. The summed E-state index contributed by atoms with van der Waals surface area (Å²) in [5, 5.41) is 9.44. The van der Waals surface area contributed by atoms with Gasteiger partial charge in [0.15, 0.2) is 5.84 Å². The first-order chi connectivity index (χ1) is 19.8. The molecular formula is C36H28N4. The van der Waals surface area contributed by atoms with Gasteiger partial charge in [-0.3, -0.25) is 0 Å². The number of nitrogens with zero attached hydrogens (tertiary/aromatic N) is 2. The molecule has 0 aromatic heterocycles. The van der Waals surface area contributed by atoms with Crippen molar-refractivity contribution in [2.45, 2.75) is 12.2 Å². The van der Waals surface area contributed by atoms with Crippen LogP contribution in [-0.4, -0.2) is 11.7 Å². The molecule has 2 heterocycles. The molecule has 2 unspecified atom stereocenters. The molecule has 2 N–H and O–H groups in total. The van der Waals surface area contributed by atoms with Gasteiger partial charge in [0, 0.05) is 16.7 Å². The van der Waals surface area contributed by atoms with Crippen LogP contribution in [0.2, 0.25) is 0 Å². The summed E-state index contributed by atoms with van der Waals surface area (Å²) in [5.41, 5.74) is 6.76. The van der Waals surface area contributed by atoms with Gasteiger partial charge in [0.25, 0.3) is 0 Å². The Bertz CT molecular complexity index is 1780. The summed E-state index contributed by atoms with van der Waals surface area (Å²) < 4.78 is 0. The van der Waals surface area contributed by atoms with Gasteiger partial charge < -0.3 is 10.6 Å². The molecule has 0 saturated carbocycles. The second-order valence-corrected chi connectivity index (χ2v) is 9.95. The molecule has 0 radical (unpaired) electrons. The quantitative estimate of drug-likeness (QED) is 0.251. The topological polar surface area (TPSA) is 48.8 Å². The van der Waals surface area contributed by atoms with Crippen molar-refractivity contribution in [1.82, 2.24) is 10.6 Å².